The Bertz CT molecular complexity index is 388. The van der Waals surface area contributed by atoms with E-state index in [-0.39, 0.29) is 5.82 Å². The molecule has 1 aromatic rings. The fourth-order valence-electron chi connectivity index (χ4n) is 2.35. The maximum absolute atomic E-state index is 12.9. The van der Waals surface area contributed by atoms with Gasteiger partial charge in [0.1, 0.15) is 5.82 Å². The van der Waals surface area contributed by atoms with Crippen LogP contribution in [0.5, 0.6) is 0 Å². The molecule has 0 spiro atoms. The summed E-state index contributed by atoms with van der Waals surface area (Å²) in [6, 6.07) is 4.59. The summed E-state index contributed by atoms with van der Waals surface area (Å²) in [5, 5.41) is 3.95. The largest absolute Gasteiger partial charge is 0.312 e. The number of benzene rings is 1. The second-order valence-corrected chi connectivity index (χ2v) is 5.50. The van der Waals surface area contributed by atoms with E-state index in [4.69, 9.17) is 11.6 Å². The lowest BCUT2D eigenvalue weighted by Gasteiger charge is -2.15. The molecule has 1 fully saturated rings. The van der Waals surface area contributed by atoms with E-state index in [1.807, 2.05) is 0 Å². The number of nitrogens with one attached hydrogen (secondary N) is 1. The van der Waals surface area contributed by atoms with Gasteiger partial charge in [-0.25, -0.2) is 4.39 Å². The van der Waals surface area contributed by atoms with E-state index in [9.17, 15) is 4.39 Å². The smallest absolute Gasteiger partial charge is 0.124 e. The second kappa shape index (κ2) is 5.36. The zero-order chi connectivity index (χ0) is 12.3. The summed E-state index contributed by atoms with van der Waals surface area (Å²) < 4.78 is 12.9. The highest BCUT2D eigenvalue weighted by atomic mass is 35.5. The quantitative estimate of drug-likeness (QED) is 0.805. The van der Waals surface area contributed by atoms with Gasteiger partial charge in [-0.05, 0) is 42.4 Å². The molecule has 3 heteroatoms. The molecule has 1 nitrogen and oxygen atoms in total. The summed E-state index contributed by atoms with van der Waals surface area (Å²) in [7, 11) is 0. The summed E-state index contributed by atoms with van der Waals surface area (Å²) >= 11 is 5.98. The van der Waals surface area contributed by atoms with Gasteiger partial charge in [-0.1, -0.05) is 31.0 Å². The van der Waals surface area contributed by atoms with Crippen molar-refractivity contribution in [2.45, 2.75) is 39.2 Å². The molecule has 0 heterocycles. The van der Waals surface area contributed by atoms with Gasteiger partial charge in [-0.2, -0.15) is 0 Å². The molecule has 0 aromatic heterocycles. The van der Waals surface area contributed by atoms with Crippen molar-refractivity contribution >= 4 is 11.6 Å². The van der Waals surface area contributed by atoms with E-state index in [1.54, 1.807) is 6.07 Å². The van der Waals surface area contributed by atoms with Crippen LogP contribution in [0.1, 0.15) is 38.2 Å². The van der Waals surface area contributed by atoms with E-state index < -0.39 is 0 Å². The van der Waals surface area contributed by atoms with Crippen molar-refractivity contribution in [1.82, 2.24) is 5.32 Å². The molecular weight excluding hydrogens is 237 g/mol. The maximum Gasteiger partial charge on any atom is 0.124 e. The number of hydrogen-bond acceptors (Lipinski definition) is 1. The van der Waals surface area contributed by atoms with E-state index in [0.29, 0.717) is 10.4 Å². The van der Waals surface area contributed by atoms with Crippen molar-refractivity contribution in [3.63, 3.8) is 0 Å². The zero-order valence-corrected chi connectivity index (χ0v) is 11.0. The van der Waals surface area contributed by atoms with Crippen LogP contribution in [0, 0.1) is 11.2 Å². The van der Waals surface area contributed by atoms with Crippen LogP contribution in [-0.2, 0) is 6.54 Å². The standard InChI is InChI=1S/C14H19ClFN/c1-2-5-14(6-7-14)10-17-9-11-3-4-12(16)8-13(11)15/h3-4,8,17H,2,5-7,9-10H2,1H3. The van der Waals surface area contributed by atoms with Crippen molar-refractivity contribution in [3.05, 3.63) is 34.6 Å². The molecule has 1 saturated carbocycles. The summed E-state index contributed by atoms with van der Waals surface area (Å²) in [5.74, 6) is -0.275. The summed E-state index contributed by atoms with van der Waals surface area (Å²) in [6.07, 6.45) is 5.23. The van der Waals surface area contributed by atoms with Crippen LogP contribution in [0.3, 0.4) is 0 Å². The second-order valence-electron chi connectivity index (χ2n) is 5.09. The molecule has 1 aliphatic carbocycles. The molecule has 0 radical (unpaired) electrons. The molecule has 1 aromatic carbocycles. The summed E-state index contributed by atoms with van der Waals surface area (Å²) in [5.41, 5.74) is 1.52. The van der Waals surface area contributed by atoms with Gasteiger partial charge in [-0.3, -0.25) is 0 Å². The van der Waals surface area contributed by atoms with Crippen molar-refractivity contribution in [3.8, 4) is 0 Å². The Morgan fingerprint density at radius 1 is 1.41 bits per heavy atom. The lowest BCUT2D eigenvalue weighted by molar-refractivity contribution is 0.421. The van der Waals surface area contributed by atoms with Crippen LogP contribution < -0.4 is 5.32 Å². The van der Waals surface area contributed by atoms with Gasteiger partial charge >= 0.3 is 0 Å². The number of hydrogen-bond donors (Lipinski definition) is 1. The molecule has 2 rings (SSSR count). The minimum absolute atomic E-state index is 0.275. The maximum atomic E-state index is 12.9. The minimum Gasteiger partial charge on any atom is -0.312 e. The first kappa shape index (κ1) is 12.8. The highest BCUT2D eigenvalue weighted by Crippen LogP contribution is 2.48. The Morgan fingerprint density at radius 3 is 2.76 bits per heavy atom. The third-order valence-corrected chi connectivity index (χ3v) is 3.92. The van der Waals surface area contributed by atoms with Gasteiger partial charge in [0.15, 0.2) is 0 Å². The van der Waals surface area contributed by atoms with E-state index in [0.717, 1.165) is 18.7 Å². The normalized spacial score (nSPS) is 17.1. The lowest BCUT2D eigenvalue weighted by Crippen LogP contribution is -2.23. The molecule has 0 aliphatic heterocycles. The van der Waals surface area contributed by atoms with E-state index in [1.165, 1.54) is 37.8 Å². The Kier molecular flexibility index (Phi) is 4.05. The molecule has 0 unspecified atom stereocenters. The third kappa shape index (κ3) is 3.43. The fourth-order valence-corrected chi connectivity index (χ4v) is 2.58. The molecule has 0 amide bonds. The van der Waals surface area contributed by atoms with Crippen LogP contribution >= 0.6 is 11.6 Å². The van der Waals surface area contributed by atoms with Gasteiger partial charge in [0, 0.05) is 18.1 Å². The van der Waals surface area contributed by atoms with E-state index >= 15 is 0 Å². The minimum atomic E-state index is -0.275. The first-order valence-corrected chi connectivity index (χ1v) is 6.68. The van der Waals surface area contributed by atoms with Gasteiger partial charge in [0.2, 0.25) is 0 Å². The molecule has 1 aliphatic rings. The van der Waals surface area contributed by atoms with Crippen molar-refractivity contribution in [1.29, 1.82) is 0 Å². The molecule has 0 atom stereocenters. The predicted octanol–water partition coefficient (Wildman–Crippen LogP) is 4.15. The third-order valence-electron chi connectivity index (χ3n) is 3.57. The first-order valence-electron chi connectivity index (χ1n) is 6.30. The molecule has 94 valence electrons. The van der Waals surface area contributed by atoms with Crippen LogP contribution in [0.2, 0.25) is 5.02 Å². The van der Waals surface area contributed by atoms with Crippen LogP contribution in [0.4, 0.5) is 4.39 Å². The Morgan fingerprint density at radius 2 is 2.18 bits per heavy atom. The average Bonchev–Trinajstić information content (AvgIpc) is 3.02. The highest BCUT2D eigenvalue weighted by molar-refractivity contribution is 6.31. The van der Waals surface area contributed by atoms with Crippen LogP contribution in [0.25, 0.3) is 0 Å². The molecule has 0 bridgehead atoms. The number of halogens is 2. The van der Waals surface area contributed by atoms with Crippen LogP contribution in [-0.4, -0.2) is 6.54 Å². The Hall–Kier alpha value is -0.600. The summed E-state index contributed by atoms with van der Waals surface area (Å²) in [4.78, 5) is 0. The molecule has 17 heavy (non-hydrogen) atoms. The average molecular weight is 256 g/mol. The molecule has 0 saturated heterocycles. The van der Waals surface area contributed by atoms with E-state index in [2.05, 4.69) is 12.2 Å². The van der Waals surface area contributed by atoms with Gasteiger partial charge in [-0.15, -0.1) is 0 Å². The number of rotatable bonds is 6. The zero-order valence-electron chi connectivity index (χ0n) is 10.2. The molecular formula is C14H19ClFN. The Labute approximate surface area is 107 Å². The predicted molar refractivity (Wildman–Crippen MR) is 69.7 cm³/mol. The topological polar surface area (TPSA) is 12.0 Å². The highest BCUT2D eigenvalue weighted by Gasteiger charge is 2.40. The monoisotopic (exact) mass is 255 g/mol. The SMILES string of the molecule is CCCC1(CNCc2ccc(F)cc2Cl)CC1. The van der Waals surface area contributed by atoms with Crippen molar-refractivity contribution < 1.29 is 4.39 Å². The van der Waals surface area contributed by atoms with Gasteiger partial charge < -0.3 is 5.32 Å². The first-order chi connectivity index (χ1) is 8.15. The van der Waals surface area contributed by atoms with Crippen LogP contribution in [0.15, 0.2) is 18.2 Å². The molecule has 1 N–H and O–H groups in total. The van der Waals surface area contributed by atoms with Crippen molar-refractivity contribution in [2.24, 2.45) is 5.41 Å². The summed E-state index contributed by atoms with van der Waals surface area (Å²) in [6.45, 7) is 4.01. The Balaban J connectivity index is 1.82. The van der Waals surface area contributed by atoms with Crippen molar-refractivity contribution in [2.75, 3.05) is 6.54 Å². The lowest BCUT2D eigenvalue weighted by atomic mass is 10.0. The van der Waals surface area contributed by atoms with Gasteiger partial charge in [0.05, 0.1) is 0 Å². The fraction of sp³-hybridized carbons (Fsp3) is 0.571. The van der Waals surface area contributed by atoms with Gasteiger partial charge in [0.25, 0.3) is 0 Å².